The number of rotatable bonds is 4. The SMILES string of the molecule is COc1ccc(C(=O)Nc2cc(-c3nc4c(F)cccc4[nH]3)[nH]n2)cc1Cl. The number of aromatic amines is 2. The number of halogens is 2. The Morgan fingerprint density at radius 2 is 2.11 bits per heavy atom. The fourth-order valence-corrected chi connectivity index (χ4v) is 2.89. The van der Waals surface area contributed by atoms with Gasteiger partial charge in [-0.1, -0.05) is 17.7 Å². The maximum Gasteiger partial charge on any atom is 0.256 e. The lowest BCUT2D eigenvalue weighted by Gasteiger charge is -2.05. The molecule has 0 aliphatic rings. The number of H-pyrrole nitrogens is 2. The smallest absolute Gasteiger partial charge is 0.256 e. The van der Waals surface area contributed by atoms with Gasteiger partial charge in [-0.2, -0.15) is 5.10 Å². The summed E-state index contributed by atoms with van der Waals surface area (Å²) in [5, 5.41) is 9.79. The summed E-state index contributed by atoms with van der Waals surface area (Å²) >= 11 is 6.04. The van der Waals surface area contributed by atoms with Crippen molar-refractivity contribution in [1.82, 2.24) is 20.2 Å². The molecule has 0 saturated heterocycles. The molecule has 0 bridgehead atoms. The molecule has 3 N–H and O–H groups in total. The van der Waals surface area contributed by atoms with Gasteiger partial charge in [-0.15, -0.1) is 0 Å². The molecule has 9 heteroatoms. The number of fused-ring (bicyclic) bond motifs is 1. The van der Waals surface area contributed by atoms with E-state index < -0.39 is 5.82 Å². The van der Waals surface area contributed by atoms with Crippen LogP contribution in [0.25, 0.3) is 22.6 Å². The van der Waals surface area contributed by atoms with Gasteiger partial charge in [0.1, 0.15) is 17.0 Å². The summed E-state index contributed by atoms with van der Waals surface area (Å²) in [4.78, 5) is 19.6. The highest BCUT2D eigenvalue weighted by molar-refractivity contribution is 6.32. The van der Waals surface area contributed by atoms with Crippen molar-refractivity contribution in [1.29, 1.82) is 0 Å². The molecular weight excluding hydrogens is 373 g/mol. The van der Waals surface area contributed by atoms with Crippen molar-refractivity contribution in [3.05, 3.63) is 58.9 Å². The topological polar surface area (TPSA) is 95.7 Å². The van der Waals surface area contributed by atoms with Gasteiger partial charge in [0.2, 0.25) is 0 Å². The van der Waals surface area contributed by atoms with Gasteiger partial charge in [-0.05, 0) is 30.3 Å². The Hall–Kier alpha value is -3.39. The van der Waals surface area contributed by atoms with Crippen LogP contribution in [0.5, 0.6) is 5.75 Å². The number of hydrogen-bond acceptors (Lipinski definition) is 4. The summed E-state index contributed by atoms with van der Waals surface area (Å²) in [7, 11) is 1.50. The second-order valence-electron chi connectivity index (χ2n) is 5.69. The van der Waals surface area contributed by atoms with Crippen LogP contribution in [0.3, 0.4) is 0 Å². The molecule has 2 aromatic heterocycles. The van der Waals surface area contributed by atoms with Crippen molar-refractivity contribution >= 4 is 34.4 Å². The predicted molar refractivity (Wildman–Crippen MR) is 99.6 cm³/mol. The highest BCUT2D eigenvalue weighted by atomic mass is 35.5. The molecule has 136 valence electrons. The number of anilines is 1. The third kappa shape index (κ3) is 3.22. The number of imidazole rings is 1. The monoisotopic (exact) mass is 385 g/mol. The number of hydrogen-bond donors (Lipinski definition) is 3. The summed E-state index contributed by atoms with van der Waals surface area (Å²) in [6.07, 6.45) is 0. The number of nitrogens with zero attached hydrogens (tertiary/aromatic N) is 2. The number of aromatic nitrogens is 4. The van der Waals surface area contributed by atoms with E-state index in [-0.39, 0.29) is 11.4 Å². The van der Waals surface area contributed by atoms with E-state index in [1.165, 1.54) is 19.2 Å². The van der Waals surface area contributed by atoms with Crippen LogP contribution in [-0.4, -0.2) is 33.2 Å². The maximum atomic E-state index is 13.8. The summed E-state index contributed by atoms with van der Waals surface area (Å²) in [5.74, 6) is 0.388. The Bertz CT molecular complexity index is 1150. The lowest BCUT2D eigenvalue weighted by molar-refractivity contribution is 0.102. The third-order valence-electron chi connectivity index (χ3n) is 3.95. The van der Waals surface area contributed by atoms with Crippen LogP contribution in [0.1, 0.15) is 10.4 Å². The van der Waals surface area contributed by atoms with Crippen LogP contribution >= 0.6 is 11.6 Å². The van der Waals surface area contributed by atoms with E-state index in [1.54, 1.807) is 30.3 Å². The lowest BCUT2D eigenvalue weighted by atomic mass is 10.2. The molecule has 0 spiro atoms. The van der Waals surface area contributed by atoms with Gasteiger partial charge in [-0.25, -0.2) is 9.37 Å². The van der Waals surface area contributed by atoms with E-state index in [0.29, 0.717) is 39.2 Å². The van der Waals surface area contributed by atoms with E-state index in [1.807, 2.05) is 0 Å². The fraction of sp³-hybridized carbons (Fsp3) is 0.0556. The van der Waals surface area contributed by atoms with Crippen molar-refractivity contribution in [2.75, 3.05) is 12.4 Å². The number of carbonyl (C=O) groups excluding carboxylic acids is 1. The van der Waals surface area contributed by atoms with Gasteiger partial charge in [-0.3, -0.25) is 9.89 Å². The summed E-state index contributed by atoms with van der Waals surface area (Å²) in [6, 6.07) is 11.0. The number of amides is 1. The molecule has 0 radical (unpaired) electrons. The van der Waals surface area contributed by atoms with Gasteiger partial charge in [0.25, 0.3) is 5.91 Å². The Kier molecular flexibility index (Phi) is 4.25. The van der Waals surface area contributed by atoms with Gasteiger partial charge < -0.3 is 15.0 Å². The molecule has 7 nitrogen and oxygen atoms in total. The van der Waals surface area contributed by atoms with Crippen LogP contribution in [0, 0.1) is 5.82 Å². The standard InChI is InChI=1S/C18H13ClFN5O2/c1-27-14-6-5-9(7-10(14)19)18(26)22-15-8-13(24-25-15)17-21-12-4-2-3-11(20)16(12)23-17/h2-8H,1H3,(H,21,23)(H2,22,24,25,26). The lowest BCUT2D eigenvalue weighted by Crippen LogP contribution is -2.12. The first-order valence-corrected chi connectivity index (χ1v) is 8.28. The largest absolute Gasteiger partial charge is 0.495 e. The molecule has 0 unspecified atom stereocenters. The van der Waals surface area contributed by atoms with Gasteiger partial charge >= 0.3 is 0 Å². The zero-order valence-electron chi connectivity index (χ0n) is 14.0. The van der Waals surface area contributed by atoms with Crippen molar-refractivity contribution in [3.8, 4) is 17.3 Å². The van der Waals surface area contributed by atoms with E-state index in [0.717, 1.165) is 0 Å². The molecule has 2 heterocycles. The first kappa shape index (κ1) is 17.0. The summed E-state index contributed by atoms with van der Waals surface area (Å²) in [5.41, 5.74) is 1.67. The van der Waals surface area contributed by atoms with Gasteiger partial charge in [0, 0.05) is 11.6 Å². The second kappa shape index (κ2) is 6.73. The number of benzene rings is 2. The van der Waals surface area contributed by atoms with Gasteiger partial charge in [0.05, 0.1) is 17.6 Å². The second-order valence-corrected chi connectivity index (χ2v) is 6.10. The normalized spacial score (nSPS) is 10.9. The number of carbonyl (C=O) groups is 1. The highest BCUT2D eigenvalue weighted by Gasteiger charge is 2.14. The molecule has 1 amide bonds. The van der Waals surface area contributed by atoms with Crippen molar-refractivity contribution < 1.29 is 13.9 Å². The van der Waals surface area contributed by atoms with E-state index >= 15 is 0 Å². The molecule has 0 aliphatic heterocycles. The average Bonchev–Trinajstić information content (AvgIpc) is 3.29. The number of methoxy groups -OCH3 is 1. The summed E-state index contributed by atoms with van der Waals surface area (Å²) in [6.45, 7) is 0. The minimum absolute atomic E-state index is 0.237. The quantitative estimate of drug-likeness (QED) is 0.494. The Balaban J connectivity index is 1.56. The van der Waals surface area contributed by atoms with Crippen molar-refractivity contribution in [2.24, 2.45) is 0 Å². The number of nitrogens with one attached hydrogen (secondary N) is 3. The molecule has 4 rings (SSSR count). The minimum atomic E-state index is -0.417. The molecule has 4 aromatic rings. The molecule has 0 fully saturated rings. The zero-order valence-corrected chi connectivity index (χ0v) is 14.8. The van der Waals surface area contributed by atoms with Crippen LogP contribution in [0.2, 0.25) is 5.02 Å². The Morgan fingerprint density at radius 1 is 1.26 bits per heavy atom. The number of para-hydroxylation sites is 1. The summed E-state index contributed by atoms with van der Waals surface area (Å²) < 4.78 is 18.8. The average molecular weight is 386 g/mol. The molecule has 27 heavy (non-hydrogen) atoms. The first-order valence-electron chi connectivity index (χ1n) is 7.90. The molecule has 0 atom stereocenters. The molecule has 0 aliphatic carbocycles. The Morgan fingerprint density at radius 3 is 2.85 bits per heavy atom. The van der Waals surface area contributed by atoms with Crippen molar-refractivity contribution in [2.45, 2.75) is 0 Å². The fourth-order valence-electron chi connectivity index (χ4n) is 2.63. The van der Waals surface area contributed by atoms with Crippen LogP contribution in [0.4, 0.5) is 10.2 Å². The van der Waals surface area contributed by atoms with E-state index in [4.69, 9.17) is 16.3 Å². The van der Waals surface area contributed by atoms with E-state index in [2.05, 4.69) is 25.5 Å². The minimum Gasteiger partial charge on any atom is -0.495 e. The van der Waals surface area contributed by atoms with Crippen molar-refractivity contribution in [3.63, 3.8) is 0 Å². The molecule has 0 saturated carbocycles. The predicted octanol–water partition coefficient (Wildman–Crippen LogP) is 4.01. The van der Waals surface area contributed by atoms with Crippen LogP contribution in [-0.2, 0) is 0 Å². The highest BCUT2D eigenvalue weighted by Crippen LogP contribution is 2.26. The van der Waals surface area contributed by atoms with Crippen LogP contribution in [0.15, 0.2) is 42.5 Å². The molecule has 2 aromatic carbocycles. The van der Waals surface area contributed by atoms with Crippen LogP contribution < -0.4 is 10.1 Å². The Labute approximate surface area is 157 Å². The maximum absolute atomic E-state index is 13.8. The van der Waals surface area contributed by atoms with Gasteiger partial charge in [0.15, 0.2) is 17.5 Å². The first-order chi connectivity index (χ1) is 13.0. The number of ether oxygens (including phenoxy) is 1. The molecular formula is C18H13ClFN5O2. The van der Waals surface area contributed by atoms with E-state index in [9.17, 15) is 9.18 Å². The third-order valence-corrected chi connectivity index (χ3v) is 4.25. The zero-order chi connectivity index (χ0) is 19.0.